The highest BCUT2D eigenvalue weighted by Crippen LogP contribution is 2.20. The summed E-state index contributed by atoms with van der Waals surface area (Å²) in [6.07, 6.45) is 0. The van der Waals surface area contributed by atoms with Gasteiger partial charge in [-0.25, -0.2) is 12.8 Å². The highest BCUT2D eigenvalue weighted by atomic mass is 32.2. The van der Waals surface area contributed by atoms with Gasteiger partial charge in [0.25, 0.3) is 0 Å². The third-order valence-electron chi connectivity index (χ3n) is 3.34. The summed E-state index contributed by atoms with van der Waals surface area (Å²) in [7, 11) is -3.49. The van der Waals surface area contributed by atoms with Crippen molar-refractivity contribution in [3.63, 3.8) is 0 Å². The molecule has 0 unspecified atom stereocenters. The van der Waals surface area contributed by atoms with Gasteiger partial charge in [0.05, 0.1) is 5.69 Å². The average Bonchev–Trinajstić information content (AvgIpc) is 2.49. The first-order valence-electron chi connectivity index (χ1n) is 7.38. The zero-order valence-electron chi connectivity index (χ0n) is 13.2. The molecule has 0 aliphatic rings. The molecule has 6 heteroatoms. The Kier molecular flexibility index (Phi) is 5.60. The van der Waals surface area contributed by atoms with Crippen LogP contribution in [0.1, 0.15) is 12.5 Å². The Morgan fingerprint density at radius 2 is 1.83 bits per heavy atom. The van der Waals surface area contributed by atoms with Crippen LogP contribution in [0.5, 0.6) is 5.75 Å². The number of nitrogens with zero attached hydrogens (tertiary/aromatic N) is 1. The van der Waals surface area contributed by atoms with Crippen molar-refractivity contribution in [1.29, 1.82) is 0 Å². The number of ether oxygens (including phenoxy) is 1. The van der Waals surface area contributed by atoms with Crippen LogP contribution >= 0.6 is 0 Å². The lowest BCUT2D eigenvalue weighted by atomic mass is 10.2. The molecular weight excluding hydrogens is 317 g/mol. The Bertz CT molecular complexity index is 745. The van der Waals surface area contributed by atoms with Gasteiger partial charge in [-0.3, -0.25) is 4.31 Å². The zero-order chi connectivity index (χ0) is 16.9. The predicted octanol–water partition coefficient (Wildman–Crippen LogP) is 3.37. The van der Waals surface area contributed by atoms with E-state index in [1.807, 2.05) is 25.1 Å². The molecular formula is C17H20FNO3S. The second-order valence-corrected chi connectivity index (χ2v) is 7.14. The maximum atomic E-state index is 12.8. The molecule has 0 bridgehead atoms. The Hall–Kier alpha value is -2.08. The van der Waals surface area contributed by atoms with Crippen molar-refractivity contribution >= 4 is 15.7 Å². The lowest BCUT2D eigenvalue weighted by Gasteiger charge is -2.23. The Morgan fingerprint density at radius 3 is 2.43 bits per heavy atom. The maximum Gasteiger partial charge on any atom is 0.238 e. The van der Waals surface area contributed by atoms with E-state index in [4.69, 9.17) is 4.74 Å². The highest BCUT2D eigenvalue weighted by molar-refractivity contribution is 7.92. The van der Waals surface area contributed by atoms with E-state index in [1.54, 1.807) is 13.0 Å². The zero-order valence-corrected chi connectivity index (χ0v) is 14.0. The topological polar surface area (TPSA) is 46.6 Å². The van der Waals surface area contributed by atoms with Gasteiger partial charge in [-0.15, -0.1) is 0 Å². The van der Waals surface area contributed by atoms with Crippen LogP contribution in [-0.4, -0.2) is 27.3 Å². The summed E-state index contributed by atoms with van der Waals surface area (Å²) >= 11 is 0. The third kappa shape index (κ3) is 4.69. The Balaban J connectivity index is 2.03. The molecule has 4 nitrogen and oxygen atoms in total. The monoisotopic (exact) mass is 337 g/mol. The van der Waals surface area contributed by atoms with Gasteiger partial charge in [-0.05, 0) is 55.8 Å². The van der Waals surface area contributed by atoms with Crippen molar-refractivity contribution in [2.24, 2.45) is 0 Å². The summed E-state index contributed by atoms with van der Waals surface area (Å²) in [6, 6.07) is 12.8. The molecule has 0 fully saturated rings. The molecule has 2 aromatic rings. The van der Waals surface area contributed by atoms with Crippen LogP contribution in [-0.2, 0) is 10.0 Å². The summed E-state index contributed by atoms with van der Waals surface area (Å²) < 4.78 is 44.6. The summed E-state index contributed by atoms with van der Waals surface area (Å²) in [4.78, 5) is 0. The molecule has 0 heterocycles. The number of aryl methyl sites for hydroxylation is 1. The Labute approximate surface area is 136 Å². The number of halogens is 1. The minimum atomic E-state index is -3.49. The minimum absolute atomic E-state index is 0.0102. The van der Waals surface area contributed by atoms with Crippen LogP contribution in [0.25, 0.3) is 0 Å². The van der Waals surface area contributed by atoms with E-state index in [-0.39, 0.29) is 18.2 Å². The second kappa shape index (κ2) is 7.46. The summed E-state index contributed by atoms with van der Waals surface area (Å²) in [6.45, 7) is 4.07. The molecule has 0 amide bonds. The van der Waals surface area contributed by atoms with Crippen molar-refractivity contribution in [3.8, 4) is 5.75 Å². The number of hydrogen-bond acceptors (Lipinski definition) is 3. The first kappa shape index (κ1) is 17.3. The van der Waals surface area contributed by atoms with Crippen molar-refractivity contribution in [3.05, 3.63) is 59.9 Å². The molecule has 0 spiro atoms. The quantitative estimate of drug-likeness (QED) is 0.778. The lowest BCUT2D eigenvalue weighted by Crippen LogP contribution is -2.34. The summed E-state index contributed by atoms with van der Waals surface area (Å²) in [5, 5.41) is 0. The molecule has 2 aromatic carbocycles. The molecule has 0 radical (unpaired) electrons. The van der Waals surface area contributed by atoms with Gasteiger partial charge in [-0.1, -0.05) is 12.1 Å². The molecule has 0 aliphatic heterocycles. The molecule has 0 saturated carbocycles. The standard InChI is InChI=1S/C17H20FNO3S/c1-3-19(16-6-4-5-14(2)13-16)23(20,21)12-11-22-17-9-7-15(18)8-10-17/h4-10,13H,3,11-12H2,1-2H3. The van der Waals surface area contributed by atoms with Crippen molar-refractivity contribution < 1.29 is 17.5 Å². The second-order valence-electron chi connectivity index (χ2n) is 5.12. The van der Waals surface area contributed by atoms with Crippen molar-refractivity contribution in [2.45, 2.75) is 13.8 Å². The smallest absolute Gasteiger partial charge is 0.238 e. The number of hydrogen-bond donors (Lipinski definition) is 0. The normalized spacial score (nSPS) is 11.3. The number of sulfonamides is 1. The molecule has 0 saturated heterocycles. The highest BCUT2D eigenvalue weighted by Gasteiger charge is 2.21. The summed E-state index contributed by atoms with van der Waals surface area (Å²) in [5.74, 6) is -0.0617. The van der Waals surface area contributed by atoms with Crippen LogP contribution < -0.4 is 9.04 Å². The van der Waals surface area contributed by atoms with E-state index in [0.29, 0.717) is 18.0 Å². The average molecular weight is 337 g/mol. The number of anilines is 1. The largest absolute Gasteiger partial charge is 0.492 e. The van der Waals surface area contributed by atoms with Gasteiger partial charge in [0.1, 0.15) is 23.9 Å². The van der Waals surface area contributed by atoms with Crippen molar-refractivity contribution in [1.82, 2.24) is 0 Å². The van der Waals surface area contributed by atoms with E-state index in [2.05, 4.69) is 0 Å². The van der Waals surface area contributed by atoms with E-state index >= 15 is 0 Å². The van der Waals surface area contributed by atoms with E-state index in [0.717, 1.165) is 5.56 Å². The predicted molar refractivity (Wildman–Crippen MR) is 89.9 cm³/mol. The molecule has 0 aliphatic carbocycles. The summed E-state index contributed by atoms with van der Waals surface area (Å²) in [5.41, 5.74) is 1.65. The molecule has 0 N–H and O–H groups in total. The van der Waals surface area contributed by atoms with Crippen LogP contribution in [0.2, 0.25) is 0 Å². The van der Waals surface area contributed by atoms with Gasteiger partial charge >= 0.3 is 0 Å². The first-order chi connectivity index (χ1) is 10.9. The van der Waals surface area contributed by atoms with Gasteiger partial charge in [0, 0.05) is 6.54 Å². The first-order valence-corrected chi connectivity index (χ1v) is 8.99. The third-order valence-corrected chi connectivity index (χ3v) is 5.16. The molecule has 2 rings (SSSR count). The van der Waals surface area contributed by atoms with Crippen LogP contribution in [0.15, 0.2) is 48.5 Å². The van der Waals surface area contributed by atoms with Gasteiger partial charge in [0.15, 0.2) is 0 Å². The SMILES string of the molecule is CCN(c1cccc(C)c1)S(=O)(=O)CCOc1ccc(F)cc1. The number of rotatable bonds is 7. The van der Waals surface area contributed by atoms with Crippen LogP contribution in [0.4, 0.5) is 10.1 Å². The van der Waals surface area contributed by atoms with E-state index < -0.39 is 10.0 Å². The van der Waals surface area contributed by atoms with Gasteiger partial charge < -0.3 is 4.74 Å². The fraction of sp³-hybridized carbons (Fsp3) is 0.294. The Morgan fingerprint density at radius 1 is 1.13 bits per heavy atom. The van der Waals surface area contributed by atoms with Gasteiger partial charge in [-0.2, -0.15) is 0 Å². The van der Waals surface area contributed by atoms with Crippen molar-refractivity contribution in [2.75, 3.05) is 23.2 Å². The van der Waals surface area contributed by atoms with Crippen LogP contribution in [0.3, 0.4) is 0 Å². The lowest BCUT2D eigenvalue weighted by molar-refractivity contribution is 0.340. The minimum Gasteiger partial charge on any atom is -0.492 e. The maximum absolute atomic E-state index is 12.8. The fourth-order valence-electron chi connectivity index (χ4n) is 2.23. The molecule has 0 aromatic heterocycles. The fourth-order valence-corrected chi connectivity index (χ4v) is 3.57. The molecule has 23 heavy (non-hydrogen) atoms. The van der Waals surface area contributed by atoms with E-state index in [9.17, 15) is 12.8 Å². The molecule has 0 atom stereocenters. The number of benzene rings is 2. The van der Waals surface area contributed by atoms with E-state index in [1.165, 1.54) is 28.6 Å². The van der Waals surface area contributed by atoms with Gasteiger partial charge in [0.2, 0.25) is 10.0 Å². The van der Waals surface area contributed by atoms with Crippen LogP contribution in [0, 0.1) is 12.7 Å². The molecule has 124 valence electrons.